The number of pyridine rings is 1. The molecule has 2 aromatic carbocycles. The van der Waals surface area contributed by atoms with Gasteiger partial charge in [0.25, 0.3) is 0 Å². The zero-order valence-corrected chi connectivity index (χ0v) is 16.2. The number of aliphatic hydroxyl groups excluding tert-OH is 1. The van der Waals surface area contributed by atoms with Gasteiger partial charge in [0.15, 0.2) is 0 Å². The lowest BCUT2D eigenvalue weighted by atomic mass is 9.95. The van der Waals surface area contributed by atoms with Gasteiger partial charge in [-0.2, -0.15) is 0 Å². The SMILES string of the molecule is COc1ccc(OC)c2c1CN(c1ccc3cccc(Br)c3n1)CC2O. The van der Waals surface area contributed by atoms with E-state index in [1.165, 1.54) is 0 Å². The lowest BCUT2D eigenvalue weighted by molar-refractivity contribution is 0.169. The van der Waals surface area contributed by atoms with Gasteiger partial charge in [-0.25, -0.2) is 4.98 Å². The molecule has 0 fully saturated rings. The first-order valence-corrected chi connectivity index (χ1v) is 9.13. The molecule has 6 heteroatoms. The van der Waals surface area contributed by atoms with E-state index in [1.807, 2.05) is 42.5 Å². The van der Waals surface area contributed by atoms with Gasteiger partial charge in [0.2, 0.25) is 0 Å². The highest BCUT2D eigenvalue weighted by Crippen LogP contribution is 2.40. The number of anilines is 1. The van der Waals surface area contributed by atoms with E-state index < -0.39 is 6.10 Å². The van der Waals surface area contributed by atoms with Crippen molar-refractivity contribution in [1.29, 1.82) is 0 Å². The second-order valence-electron chi connectivity index (χ2n) is 6.24. The maximum Gasteiger partial charge on any atom is 0.129 e. The molecule has 1 unspecified atom stereocenters. The molecule has 1 atom stereocenters. The second kappa shape index (κ2) is 6.78. The van der Waals surface area contributed by atoms with Crippen molar-refractivity contribution in [2.24, 2.45) is 0 Å². The third kappa shape index (κ3) is 2.79. The Hall–Kier alpha value is -2.31. The minimum atomic E-state index is -0.680. The van der Waals surface area contributed by atoms with E-state index >= 15 is 0 Å². The molecule has 0 radical (unpaired) electrons. The topological polar surface area (TPSA) is 54.8 Å². The van der Waals surface area contributed by atoms with Gasteiger partial charge in [-0.3, -0.25) is 0 Å². The predicted octanol–water partition coefficient (Wildman–Crippen LogP) is 4.07. The Morgan fingerprint density at radius 3 is 2.62 bits per heavy atom. The van der Waals surface area contributed by atoms with E-state index in [1.54, 1.807) is 14.2 Å². The lowest BCUT2D eigenvalue weighted by Gasteiger charge is -2.34. The Balaban J connectivity index is 1.79. The Labute approximate surface area is 160 Å². The zero-order chi connectivity index (χ0) is 18.3. The number of ether oxygens (including phenoxy) is 2. The van der Waals surface area contributed by atoms with Crippen LogP contribution in [0, 0.1) is 0 Å². The van der Waals surface area contributed by atoms with Crippen LogP contribution < -0.4 is 14.4 Å². The van der Waals surface area contributed by atoms with Crippen molar-refractivity contribution < 1.29 is 14.6 Å². The van der Waals surface area contributed by atoms with Crippen molar-refractivity contribution >= 4 is 32.7 Å². The molecule has 0 spiro atoms. The fourth-order valence-corrected chi connectivity index (χ4v) is 4.00. The summed E-state index contributed by atoms with van der Waals surface area (Å²) in [5.74, 6) is 2.24. The number of aromatic nitrogens is 1. The van der Waals surface area contributed by atoms with Gasteiger partial charge in [0, 0.05) is 27.5 Å². The minimum Gasteiger partial charge on any atom is -0.496 e. The third-order valence-corrected chi connectivity index (χ3v) is 5.41. The first-order chi connectivity index (χ1) is 12.6. The van der Waals surface area contributed by atoms with E-state index in [9.17, 15) is 5.11 Å². The normalized spacial score (nSPS) is 16.5. The molecular formula is C20H19BrN2O3. The van der Waals surface area contributed by atoms with Gasteiger partial charge < -0.3 is 19.5 Å². The standard InChI is InChI=1S/C20H19BrN2O3/c1-25-16-7-8-17(26-2)19-13(16)10-23(11-15(19)24)18-9-6-12-4-3-5-14(21)20(12)22-18/h3-9,15,24H,10-11H2,1-2H3. The summed E-state index contributed by atoms with van der Waals surface area (Å²) in [5.41, 5.74) is 2.63. The number of hydrogen-bond donors (Lipinski definition) is 1. The maximum atomic E-state index is 10.8. The summed E-state index contributed by atoms with van der Waals surface area (Å²) in [6.07, 6.45) is -0.680. The monoisotopic (exact) mass is 414 g/mol. The summed E-state index contributed by atoms with van der Waals surface area (Å²) >= 11 is 3.57. The van der Waals surface area contributed by atoms with Crippen molar-refractivity contribution in [2.75, 3.05) is 25.7 Å². The van der Waals surface area contributed by atoms with Crippen LogP contribution in [0.25, 0.3) is 10.9 Å². The van der Waals surface area contributed by atoms with Gasteiger partial charge >= 0.3 is 0 Å². The number of β-amino-alcohol motifs (C(OH)–C–C–N with tert-alkyl or cyclic N) is 1. The van der Waals surface area contributed by atoms with Crippen LogP contribution in [0.15, 0.2) is 46.9 Å². The Morgan fingerprint density at radius 2 is 1.85 bits per heavy atom. The van der Waals surface area contributed by atoms with Gasteiger partial charge in [0.1, 0.15) is 23.4 Å². The summed E-state index contributed by atoms with van der Waals surface area (Å²) in [4.78, 5) is 6.86. The molecule has 1 aromatic heterocycles. The van der Waals surface area contributed by atoms with Crippen molar-refractivity contribution in [3.05, 3.63) is 58.1 Å². The summed E-state index contributed by atoms with van der Waals surface area (Å²) in [6, 6.07) is 13.7. The number of rotatable bonds is 3. The van der Waals surface area contributed by atoms with Crippen LogP contribution in [-0.2, 0) is 6.54 Å². The average Bonchev–Trinajstić information content (AvgIpc) is 2.67. The molecule has 0 amide bonds. The number of fused-ring (bicyclic) bond motifs is 2. The van der Waals surface area contributed by atoms with Crippen LogP contribution in [0.2, 0.25) is 0 Å². The summed E-state index contributed by atoms with van der Waals surface area (Å²) in [5, 5.41) is 11.8. The third-order valence-electron chi connectivity index (χ3n) is 4.77. The highest BCUT2D eigenvalue weighted by molar-refractivity contribution is 9.10. The van der Waals surface area contributed by atoms with E-state index in [2.05, 4.69) is 20.8 Å². The molecule has 0 aliphatic carbocycles. The molecule has 0 bridgehead atoms. The highest BCUT2D eigenvalue weighted by atomic mass is 79.9. The lowest BCUT2D eigenvalue weighted by Crippen LogP contribution is -2.34. The molecule has 26 heavy (non-hydrogen) atoms. The fourth-order valence-electron chi connectivity index (χ4n) is 3.53. The average molecular weight is 415 g/mol. The van der Waals surface area contributed by atoms with E-state index in [0.29, 0.717) is 18.8 Å². The van der Waals surface area contributed by atoms with Gasteiger partial charge in [-0.1, -0.05) is 12.1 Å². The second-order valence-corrected chi connectivity index (χ2v) is 7.09. The molecule has 2 heterocycles. The molecule has 134 valence electrons. The van der Waals surface area contributed by atoms with Crippen LogP contribution in [0.4, 0.5) is 5.82 Å². The van der Waals surface area contributed by atoms with Crippen molar-refractivity contribution in [1.82, 2.24) is 4.98 Å². The molecule has 5 nitrogen and oxygen atoms in total. The largest absolute Gasteiger partial charge is 0.496 e. The molecule has 0 saturated carbocycles. The molecule has 1 N–H and O–H groups in total. The van der Waals surface area contributed by atoms with Crippen LogP contribution in [0.1, 0.15) is 17.2 Å². The number of nitrogens with zero attached hydrogens (tertiary/aromatic N) is 2. The van der Waals surface area contributed by atoms with Crippen molar-refractivity contribution in [2.45, 2.75) is 12.6 Å². The van der Waals surface area contributed by atoms with Crippen molar-refractivity contribution in [3.8, 4) is 11.5 Å². The molecule has 1 aliphatic heterocycles. The number of halogens is 1. The highest BCUT2D eigenvalue weighted by Gasteiger charge is 2.30. The van der Waals surface area contributed by atoms with Crippen LogP contribution >= 0.6 is 15.9 Å². The maximum absolute atomic E-state index is 10.8. The summed E-state index contributed by atoms with van der Waals surface area (Å²) in [7, 11) is 3.25. The Kier molecular flexibility index (Phi) is 4.46. The van der Waals surface area contributed by atoms with Crippen LogP contribution in [0.5, 0.6) is 11.5 Å². The molecule has 3 aromatic rings. The number of methoxy groups -OCH3 is 2. The van der Waals surface area contributed by atoms with E-state index in [-0.39, 0.29) is 0 Å². The first kappa shape index (κ1) is 17.1. The smallest absolute Gasteiger partial charge is 0.129 e. The number of para-hydroxylation sites is 1. The van der Waals surface area contributed by atoms with Gasteiger partial charge in [-0.15, -0.1) is 0 Å². The van der Waals surface area contributed by atoms with E-state index in [4.69, 9.17) is 14.5 Å². The predicted molar refractivity (Wildman–Crippen MR) is 105 cm³/mol. The Morgan fingerprint density at radius 1 is 1.08 bits per heavy atom. The number of benzene rings is 2. The van der Waals surface area contributed by atoms with Crippen LogP contribution in [-0.4, -0.2) is 30.9 Å². The van der Waals surface area contributed by atoms with Crippen molar-refractivity contribution in [3.63, 3.8) is 0 Å². The van der Waals surface area contributed by atoms with Crippen LogP contribution in [0.3, 0.4) is 0 Å². The Bertz CT molecular complexity index is 977. The van der Waals surface area contributed by atoms with Gasteiger partial charge in [0.05, 0.1) is 26.3 Å². The quantitative estimate of drug-likeness (QED) is 0.699. The minimum absolute atomic E-state index is 0.444. The number of aliphatic hydroxyl groups is 1. The molecular weight excluding hydrogens is 396 g/mol. The number of hydrogen-bond acceptors (Lipinski definition) is 5. The first-order valence-electron chi connectivity index (χ1n) is 8.34. The zero-order valence-electron chi connectivity index (χ0n) is 14.6. The summed E-state index contributed by atoms with van der Waals surface area (Å²) in [6.45, 7) is 1.04. The molecule has 1 aliphatic rings. The molecule has 4 rings (SSSR count). The van der Waals surface area contributed by atoms with E-state index in [0.717, 1.165) is 38.1 Å². The fraction of sp³-hybridized carbons (Fsp3) is 0.250. The molecule has 0 saturated heterocycles. The van der Waals surface area contributed by atoms with Gasteiger partial charge in [-0.05, 0) is 46.3 Å². The summed E-state index contributed by atoms with van der Waals surface area (Å²) < 4.78 is 11.9.